The van der Waals surface area contributed by atoms with E-state index in [0.29, 0.717) is 0 Å². The van der Waals surface area contributed by atoms with Gasteiger partial charge in [-0.1, -0.05) is 32.3 Å². The van der Waals surface area contributed by atoms with Gasteiger partial charge < -0.3 is 0 Å². The number of hydrogen-bond acceptors (Lipinski definition) is 1. The molecule has 0 atom stereocenters. The maximum absolute atomic E-state index is 13.7. The lowest BCUT2D eigenvalue weighted by Gasteiger charge is -2.00. The minimum atomic E-state index is -0.0779. The van der Waals surface area contributed by atoms with Crippen molar-refractivity contribution in [1.29, 1.82) is 0 Å². The summed E-state index contributed by atoms with van der Waals surface area (Å²) in [6.45, 7) is 3.83. The topological polar surface area (TPSA) is 0 Å². The third-order valence-corrected chi connectivity index (χ3v) is 3.82. The van der Waals surface area contributed by atoms with Crippen molar-refractivity contribution in [3.63, 3.8) is 0 Å². The Morgan fingerprint density at radius 1 is 1.19 bits per heavy atom. The molecule has 0 spiro atoms. The number of rotatable bonds is 5. The van der Waals surface area contributed by atoms with E-state index >= 15 is 0 Å². The van der Waals surface area contributed by atoms with Crippen molar-refractivity contribution in [2.24, 2.45) is 0 Å². The molecule has 0 unspecified atom stereocenters. The summed E-state index contributed by atoms with van der Waals surface area (Å²) in [7, 11) is 0. The second-order valence-corrected chi connectivity index (χ2v) is 4.95. The van der Waals surface area contributed by atoms with Crippen LogP contribution in [-0.2, 0) is 6.42 Å². The third-order valence-electron chi connectivity index (χ3n) is 2.82. The highest BCUT2D eigenvalue weighted by molar-refractivity contribution is 7.17. The lowest BCUT2D eigenvalue weighted by atomic mass is 10.1. The van der Waals surface area contributed by atoms with Gasteiger partial charge in [0.2, 0.25) is 0 Å². The Bertz CT molecular complexity index is 459. The SMILES string of the molecule is [CH2]CCCCCc1csc2cccc(F)c12. The average Bonchev–Trinajstić information content (AvgIpc) is 2.69. The fourth-order valence-corrected chi connectivity index (χ4v) is 2.97. The minimum Gasteiger partial charge on any atom is -0.206 e. The van der Waals surface area contributed by atoms with Gasteiger partial charge in [0.05, 0.1) is 0 Å². The summed E-state index contributed by atoms with van der Waals surface area (Å²) in [5.74, 6) is -0.0779. The van der Waals surface area contributed by atoms with Crippen LogP contribution in [0.1, 0.15) is 31.2 Å². The zero-order valence-electron chi connectivity index (χ0n) is 9.34. The zero-order chi connectivity index (χ0) is 11.4. The second kappa shape index (κ2) is 5.44. The Morgan fingerprint density at radius 2 is 2.06 bits per heavy atom. The summed E-state index contributed by atoms with van der Waals surface area (Å²) in [6, 6.07) is 5.32. The monoisotopic (exact) mass is 235 g/mol. The lowest BCUT2D eigenvalue weighted by molar-refractivity contribution is 0.637. The van der Waals surface area contributed by atoms with Gasteiger partial charge in [0.25, 0.3) is 0 Å². The molecule has 0 amide bonds. The molecular weight excluding hydrogens is 219 g/mol. The highest BCUT2D eigenvalue weighted by Gasteiger charge is 2.07. The van der Waals surface area contributed by atoms with Crippen molar-refractivity contribution < 1.29 is 4.39 Å². The number of halogens is 1. The van der Waals surface area contributed by atoms with Gasteiger partial charge in [-0.25, -0.2) is 4.39 Å². The fourth-order valence-electron chi connectivity index (χ4n) is 1.96. The van der Waals surface area contributed by atoms with Gasteiger partial charge in [0.1, 0.15) is 5.82 Å². The van der Waals surface area contributed by atoms with Crippen LogP contribution in [0.4, 0.5) is 4.39 Å². The predicted octanol–water partition coefficient (Wildman–Crippen LogP) is 4.98. The van der Waals surface area contributed by atoms with E-state index in [1.165, 1.54) is 18.4 Å². The molecule has 0 N–H and O–H groups in total. The van der Waals surface area contributed by atoms with Gasteiger partial charge in [-0.15, -0.1) is 11.3 Å². The predicted molar refractivity (Wildman–Crippen MR) is 69.3 cm³/mol. The van der Waals surface area contributed by atoms with E-state index in [9.17, 15) is 4.39 Å². The quantitative estimate of drug-likeness (QED) is 0.641. The molecule has 2 heteroatoms. The summed E-state index contributed by atoms with van der Waals surface area (Å²) in [4.78, 5) is 0. The molecular formula is C14H16FS. The molecule has 2 rings (SSSR count). The summed E-state index contributed by atoms with van der Waals surface area (Å²) in [5.41, 5.74) is 1.17. The maximum atomic E-state index is 13.7. The van der Waals surface area contributed by atoms with Crippen LogP contribution in [0.2, 0.25) is 0 Å². The minimum absolute atomic E-state index is 0.0779. The van der Waals surface area contributed by atoms with Crippen LogP contribution in [0, 0.1) is 12.7 Å². The van der Waals surface area contributed by atoms with Crippen LogP contribution >= 0.6 is 11.3 Å². The Hall–Kier alpha value is -0.890. The fraction of sp³-hybridized carbons (Fsp3) is 0.357. The molecule has 0 aliphatic rings. The molecule has 0 nitrogen and oxygen atoms in total. The Morgan fingerprint density at radius 3 is 2.88 bits per heavy atom. The number of hydrogen-bond donors (Lipinski definition) is 0. The van der Waals surface area contributed by atoms with Gasteiger partial charge in [-0.2, -0.15) is 0 Å². The number of fused-ring (bicyclic) bond motifs is 1. The molecule has 0 saturated carbocycles. The van der Waals surface area contributed by atoms with Crippen molar-refractivity contribution in [1.82, 2.24) is 0 Å². The molecule has 0 aliphatic carbocycles. The van der Waals surface area contributed by atoms with Crippen molar-refractivity contribution >= 4 is 21.4 Å². The van der Waals surface area contributed by atoms with Crippen LogP contribution in [0.3, 0.4) is 0 Å². The number of benzene rings is 1. The number of thiophene rings is 1. The van der Waals surface area contributed by atoms with Crippen molar-refractivity contribution in [2.45, 2.75) is 32.1 Å². The van der Waals surface area contributed by atoms with E-state index < -0.39 is 0 Å². The second-order valence-electron chi connectivity index (χ2n) is 4.04. The summed E-state index contributed by atoms with van der Waals surface area (Å²) in [6.07, 6.45) is 5.48. The summed E-state index contributed by atoms with van der Waals surface area (Å²) < 4.78 is 14.7. The first kappa shape index (κ1) is 11.6. The van der Waals surface area contributed by atoms with Crippen molar-refractivity contribution in [2.75, 3.05) is 0 Å². The zero-order valence-corrected chi connectivity index (χ0v) is 10.2. The first-order chi connectivity index (χ1) is 7.83. The highest BCUT2D eigenvalue weighted by atomic mass is 32.1. The van der Waals surface area contributed by atoms with Gasteiger partial charge in [-0.05, 0) is 35.9 Å². The smallest absolute Gasteiger partial charge is 0.132 e. The largest absolute Gasteiger partial charge is 0.206 e. The van der Waals surface area contributed by atoms with E-state index in [1.807, 2.05) is 6.07 Å². The first-order valence-electron chi connectivity index (χ1n) is 5.77. The van der Waals surface area contributed by atoms with Crippen molar-refractivity contribution in [3.8, 4) is 0 Å². The van der Waals surface area contributed by atoms with Crippen molar-refractivity contribution in [3.05, 3.63) is 41.9 Å². The maximum Gasteiger partial charge on any atom is 0.132 e. The number of unbranched alkanes of at least 4 members (excludes halogenated alkanes) is 3. The highest BCUT2D eigenvalue weighted by Crippen LogP contribution is 2.29. The molecule has 0 fully saturated rings. The van der Waals surface area contributed by atoms with E-state index in [0.717, 1.165) is 29.3 Å². The Balaban J connectivity index is 2.12. The number of aryl methyl sites for hydroxylation is 1. The normalized spacial score (nSPS) is 11.1. The van der Waals surface area contributed by atoms with Crippen LogP contribution in [0.15, 0.2) is 23.6 Å². The standard InChI is InChI=1S/C14H16FS/c1-2-3-4-5-7-11-10-16-13-9-6-8-12(15)14(11)13/h6,8-10H,1-5,7H2. The van der Waals surface area contributed by atoms with Crippen LogP contribution < -0.4 is 0 Å². The van der Waals surface area contributed by atoms with Crippen LogP contribution in [0.25, 0.3) is 10.1 Å². The van der Waals surface area contributed by atoms with E-state index in [1.54, 1.807) is 23.5 Å². The molecule has 0 saturated heterocycles. The Kier molecular flexibility index (Phi) is 3.94. The van der Waals surface area contributed by atoms with Gasteiger partial charge in [0, 0.05) is 10.1 Å². The average molecular weight is 235 g/mol. The first-order valence-corrected chi connectivity index (χ1v) is 6.64. The molecule has 16 heavy (non-hydrogen) atoms. The molecule has 1 aromatic heterocycles. The summed E-state index contributed by atoms with van der Waals surface area (Å²) in [5, 5.41) is 2.93. The van der Waals surface area contributed by atoms with E-state index in [-0.39, 0.29) is 5.82 Å². The van der Waals surface area contributed by atoms with Gasteiger partial charge in [0.15, 0.2) is 0 Å². The molecule has 0 bridgehead atoms. The molecule has 1 heterocycles. The van der Waals surface area contributed by atoms with E-state index in [2.05, 4.69) is 12.3 Å². The molecule has 0 aliphatic heterocycles. The molecule has 1 radical (unpaired) electrons. The Labute approximate surface area is 100 Å². The van der Waals surface area contributed by atoms with Gasteiger partial charge >= 0.3 is 0 Å². The van der Waals surface area contributed by atoms with Crippen LogP contribution in [-0.4, -0.2) is 0 Å². The lowest BCUT2D eigenvalue weighted by Crippen LogP contribution is -1.86. The molecule has 85 valence electrons. The molecule has 1 aromatic carbocycles. The van der Waals surface area contributed by atoms with Crippen LogP contribution in [0.5, 0.6) is 0 Å². The third kappa shape index (κ3) is 2.43. The van der Waals surface area contributed by atoms with Gasteiger partial charge in [-0.3, -0.25) is 0 Å². The van der Waals surface area contributed by atoms with E-state index in [4.69, 9.17) is 0 Å². The molecule has 2 aromatic rings. The summed E-state index contributed by atoms with van der Waals surface area (Å²) >= 11 is 1.64.